The molecule has 0 unspecified atom stereocenters. The number of anilines is 1. The number of aryl methyl sites for hydroxylation is 1. The molecule has 3 heterocycles. The van der Waals surface area contributed by atoms with E-state index >= 15 is 0 Å². The van der Waals surface area contributed by atoms with Gasteiger partial charge < -0.3 is 20.2 Å². The molecule has 0 spiro atoms. The van der Waals surface area contributed by atoms with E-state index in [2.05, 4.69) is 45.3 Å². The Bertz CT molecular complexity index is 1480. The van der Waals surface area contributed by atoms with Gasteiger partial charge in [0.1, 0.15) is 17.0 Å². The van der Waals surface area contributed by atoms with Crippen LogP contribution >= 0.6 is 0 Å². The predicted molar refractivity (Wildman–Crippen MR) is 139 cm³/mol. The minimum absolute atomic E-state index is 0.163. The number of aromatic nitrogens is 4. The van der Waals surface area contributed by atoms with Crippen molar-refractivity contribution in [1.29, 1.82) is 0 Å². The number of aromatic amines is 1. The van der Waals surface area contributed by atoms with Crippen LogP contribution in [0.25, 0.3) is 11.2 Å². The number of H-pyrrole nitrogens is 1. The first-order chi connectivity index (χ1) is 17.6. The molecule has 0 atom stereocenters. The van der Waals surface area contributed by atoms with Crippen molar-refractivity contribution in [3.05, 3.63) is 81.8 Å². The summed E-state index contributed by atoms with van der Waals surface area (Å²) in [5.74, 6) is 2.65. The maximum absolute atomic E-state index is 12.8. The topological polar surface area (TPSA) is 108 Å². The van der Waals surface area contributed by atoms with Crippen LogP contribution in [-0.2, 0) is 19.4 Å². The van der Waals surface area contributed by atoms with Crippen molar-refractivity contribution in [2.75, 3.05) is 12.3 Å². The monoisotopic (exact) mass is 483 g/mol. The number of imidazole rings is 1. The first-order valence-corrected chi connectivity index (χ1v) is 12.5. The lowest BCUT2D eigenvalue weighted by atomic mass is 10.1. The summed E-state index contributed by atoms with van der Waals surface area (Å²) < 4.78 is 13.5. The molecule has 3 N–H and O–H groups in total. The Morgan fingerprint density at radius 1 is 1.06 bits per heavy atom. The molecule has 2 aromatic carbocycles. The van der Waals surface area contributed by atoms with Crippen LogP contribution in [0.5, 0.6) is 17.5 Å². The molecule has 1 aliphatic carbocycles. The number of nitrogens with zero attached hydrogens (tertiary/aromatic N) is 3. The number of hydrogen-bond donors (Lipinski definition) is 2. The molecule has 8 heteroatoms. The first-order valence-electron chi connectivity index (χ1n) is 12.5. The van der Waals surface area contributed by atoms with E-state index in [1.54, 1.807) is 4.57 Å². The number of nitrogen functional groups attached to an aromatic ring is 1. The number of allylic oxidation sites excluding steroid dienone is 1. The zero-order chi connectivity index (χ0) is 24.5. The third kappa shape index (κ3) is 4.98. The predicted octanol–water partition coefficient (Wildman–Crippen LogP) is 4.77. The van der Waals surface area contributed by atoms with Crippen LogP contribution in [0.1, 0.15) is 42.4 Å². The summed E-state index contributed by atoms with van der Waals surface area (Å²) >= 11 is 0. The number of hydrogen-bond acceptors (Lipinski definition) is 6. The van der Waals surface area contributed by atoms with E-state index in [0.29, 0.717) is 30.7 Å². The highest BCUT2D eigenvalue weighted by molar-refractivity contribution is 5.82. The van der Waals surface area contributed by atoms with Crippen molar-refractivity contribution in [3.63, 3.8) is 0 Å². The van der Waals surface area contributed by atoms with Crippen molar-refractivity contribution in [2.45, 2.75) is 45.1 Å². The quantitative estimate of drug-likeness (QED) is 0.396. The van der Waals surface area contributed by atoms with E-state index in [0.717, 1.165) is 41.4 Å². The summed E-state index contributed by atoms with van der Waals surface area (Å²) in [7, 11) is 0. The van der Waals surface area contributed by atoms with Gasteiger partial charge in [0.05, 0.1) is 13.2 Å². The fourth-order valence-corrected chi connectivity index (χ4v) is 4.61. The summed E-state index contributed by atoms with van der Waals surface area (Å²) in [6, 6.07) is 14.6. The summed E-state index contributed by atoms with van der Waals surface area (Å²) in [6.07, 6.45) is 10.8. The van der Waals surface area contributed by atoms with Gasteiger partial charge in [0.15, 0.2) is 11.5 Å². The molecular weight excluding hydrogens is 454 g/mol. The number of ether oxygens (including phenoxy) is 2. The standard InChI is InChI=1S/C28H29N5O3/c29-25-24-26-32-27(31-25)35-13-3-1-2-4-20-14-21(17-33(26)28(34)30-24)16-23(15-20)36-22-11-9-19(10-12-22)8-7-18-5-6-18/h1-2,9-12,14-16,18H,3-8,13,17H2,(H,30,34)(H2,29,31,32)/b2-1+. The fraction of sp³-hybridized carbons (Fsp3) is 0.321. The molecule has 184 valence electrons. The van der Waals surface area contributed by atoms with Crippen molar-refractivity contribution in [2.24, 2.45) is 5.92 Å². The third-order valence-electron chi connectivity index (χ3n) is 6.73. The molecule has 2 aromatic heterocycles. The molecule has 8 nitrogen and oxygen atoms in total. The maximum atomic E-state index is 12.8. The Morgan fingerprint density at radius 2 is 1.89 bits per heavy atom. The van der Waals surface area contributed by atoms with Gasteiger partial charge in [-0.3, -0.25) is 4.57 Å². The van der Waals surface area contributed by atoms with Crippen LogP contribution in [0.15, 0.2) is 59.4 Å². The molecule has 1 saturated carbocycles. The maximum Gasteiger partial charge on any atom is 0.328 e. The second-order valence-corrected chi connectivity index (χ2v) is 9.63. The Labute approximate surface area is 208 Å². The van der Waals surface area contributed by atoms with Crippen molar-refractivity contribution >= 4 is 17.0 Å². The molecule has 1 fully saturated rings. The number of nitrogens with two attached hydrogens (primary N) is 1. The molecule has 36 heavy (non-hydrogen) atoms. The minimum atomic E-state index is -0.301. The molecule has 2 aliphatic rings. The van der Waals surface area contributed by atoms with E-state index < -0.39 is 0 Å². The second kappa shape index (κ2) is 9.53. The highest BCUT2D eigenvalue weighted by Crippen LogP contribution is 2.34. The molecule has 6 rings (SSSR count). The lowest BCUT2D eigenvalue weighted by Gasteiger charge is -2.12. The molecule has 1 aliphatic heterocycles. The molecule has 4 aromatic rings. The van der Waals surface area contributed by atoms with Gasteiger partial charge in [0, 0.05) is 0 Å². The van der Waals surface area contributed by atoms with E-state index in [1.807, 2.05) is 24.3 Å². The zero-order valence-corrected chi connectivity index (χ0v) is 20.1. The van der Waals surface area contributed by atoms with Gasteiger partial charge in [0.2, 0.25) is 0 Å². The van der Waals surface area contributed by atoms with E-state index in [1.165, 1.54) is 24.8 Å². The smallest absolute Gasteiger partial charge is 0.328 e. The number of nitrogens with one attached hydrogen (secondary N) is 1. The van der Waals surface area contributed by atoms with E-state index in [-0.39, 0.29) is 17.5 Å². The SMILES string of the molecule is Nc1nc2nc3c1[nH]c(=O)n3Cc1cc(cc(Oc3ccc(CCC4CC4)cc3)c1)C/C=C/CCO2. The molecule has 0 saturated heterocycles. The van der Waals surface area contributed by atoms with Crippen LogP contribution < -0.4 is 20.9 Å². The fourth-order valence-electron chi connectivity index (χ4n) is 4.61. The van der Waals surface area contributed by atoms with Crippen LogP contribution in [0.2, 0.25) is 0 Å². The summed E-state index contributed by atoms with van der Waals surface area (Å²) in [6.45, 7) is 0.726. The molecule has 4 bridgehead atoms. The van der Waals surface area contributed by atoms with Gasteiger partial charge in [-0.05, 0) is 72.6 Å². The number of benzene rings is 2. The third-order valence-corrected chi connectivity index (χ3v) is 6.73. The zero-order valence-electron chi connectivity index (χ0n) is 20.1. The van der Waals surface area contributed by atoms with Gasteiger partial charge in [-0.2, -0.15) is 9.97 Å². The van der Waals surface area contributed by atoms with Crippen LogP contribution in [0.3, 0.4) is 0 Å². The van der Waals surface area contributed by atoms with Gasteiger partial charge in [-0.1, -0.05) is 43.2 Å². The van der Waals surface area contributed by atoms with Gasteiger partial charge in [-0.25, -0.2) is 4.79 Å². The molecule has 0 radical (unpaired) electrons. The average molecular weight is 484 g/mol. The Balaban J connectivity index is 1.32. The van der Waals surface area contributed by atoms with Crippen molar-refractivity contribution in [3.8, 4) is 17.5 Å². The molecule has 0 amide bonds. The van der Waals surface area contributed by atoms with Gasteiger partial charge in [0.25, 0.3) is 0 Å². The van der Waals surface area contributed by atoms with Crippen LogP contribution in [0.4, 0.5) is 5.82 Å². The summed E-state index contributed by atoms with van der Waals surface area (Å²) in [4.78, 5) is 24.2. The first kappa shape index (κ1) is 22.4. The van der Waals surface area contributed by atoms with Crippen molar-refractivity contribution < 1.29 is 9.47 Å². The highest BCUT2D eigenvalue weighted by Gasteiger charge is 2.20. The summed E-state index contributed by atoms with van der Waals surface area (Å²) in [5.41, 5.74) is 9.98. The van der Waals surface area contributed by atoms with E-state index in [4.69, 9.17) is 15.2 Å². The highest BCUT2D eigenvalue weighted by atomic mass is 16.5. The Morgan fingerprint density at radius 3 is 2.72 bits per heavy atom. The van der Waals surface area contributed by atoms with Crippen LogP contribution in [0, 0.1) is 5.92 Å². The Kier molecular flexibility index (Phi) is 5.93. The largest absolute Gasteiger partial charge is 0.463 e. The average Bonchev–Trinajstić information content (AvgIpc) is 3.64. The molecular formula is C28H29N5O3. The summed E-state index contributed by atoms with van der Waals surface area (Å²) in [5, 5.41) is 0. The number of rotatable bonds is 5. The minimum Gasteiger partial charge on any atom is -0.463 e. The van der Waals surface area contributed by atoms with Gasteiger partial charge >= 0.3 is 11.7 Å². The van der Waals surface area contributed by atoms with Crippen molar-refractivity contribution in [1.82, 2.24) is 19.5 Å². The normalized spacial score (nSPS) is 16.4. The lowest BCUT2D eigenvalue weighted by Crippen LogP contribution is -2.18. The Hall–Kier alpha value is -4.07. The number of fused-ring (bicyclic) bond motifs is 3. The second-order valence-electron chi connectivity index (χ2n) is 9.63. The van der Waals surface area contributed by atoms with Crippen LogP contribution in [-0.4, -0.2) is 26.1 Å². The van der Waals surface area contributed by atoms with E-state index in [9.17, 15) is 4.79 Å². The van der Waals surface area contributed by atoms with Gasteiger partial charge in [-0.15, -0.1) is 0 Å². The lowest BCUT2D eigenvalue weighted by molar-refractivity contribution is 0.300.